The Balaban J connectivity index is 1.86. The van der Waals surface area contributed by atoms with Crippen LogP contribution in [0.4, 0.5) is 0 Å². The number of ether oxygens (including phenoxy) is 2. The largest absolute Gasteiger partial charge is 0.453 e. The van der Waals surface area contributed by atoms with Crippen molar-refractivity contribution >= 4 is 16.1 Å². The molecule has 9 heteroatoms. The summed E-state index contributed by atoms with van der Waals surface area (Å²) in [6.45, 7) is 3.26. The van der Waals surface area contributed by atoms with Crippen LogP contribution < -0.4 is 0 Å². The topological polar surface area (TPSA) is 119 Å². The predicted octanol–water partition coefficient (Wildman–Crippen LogP) is 1.39. The van der Waals surface area contributed by atoms with Crippen LogP contribution in [0.1, 0.15) is 22.8 Å². The average Bonchev–Trinajstić information content (AvgIpc) is 2.69. The number of esters is 1. The number of carbonyl (C=O) groups excluding carboxylic acids is 1. The molecule has 0 unspecified atom stereocenters. The molecule has 8 nitrogen and oxygen atoms in total. The van der Waals surface area contributed by atoms with Gasteiger partial charge in [-0.05, 0) is 38.1 Å². The van der Waals surface area contributed by atoms with Crippen LogP contribution in [-0.4, -0.2) is 55.3 Å². The van der Waals surface area contributed by atoms with Crippen LogP contribution in [0.25, 0.3) is 0 Å². The summed E-state index contributed by atoms with van der Waals surface area (Å²) >= 11 is 0. The lowest BCUT2D eigenvalue weighted by Crippen LogP contribution is -2.59. The van der Waals surface area contributed by atoms with E-state index in [1.807, 2.05) is 0 Å². The summed E-state index contributed by atoms with van der Waals surface area (Å²) in [5.74, 6) is -0.794. The van der Waals surface area contributed by atoms with Gasteiger partial charge in [0.25, 0.3) is 10.1 Å². The molecule has 1 aliphatic heterocycles. The third-order valence-electron chi connectivity index (χ3n) is 4.58. The number of aliphatic hydroxyl groups is 2. The Morgan fingerprint density at radius 3 is 2.24 bits per heavy atom. The highest BCUT2D eigenvalue weighted by molar-refractivity contribution is 7.86. The maximum Gasteiger partial charge on any atom is 0.338 e. The van der Waals surface area contributed by atoms with Gasteiger partial charge in [-0.1, -0.05) is 35.9 Å². The third-order valence-corrected chi connectivity index (χ3v) is 5.90. The Kier molecular flexibility index (Phi) is 6.35. The van der Waals surface area contributed by atoms with Gasteiger partial charge in [0, 0.05) is 0 Å². The van der Waals surface area contributed by atoms with E-state index in [9.17, 15) is 23.4 Å². The first kappa shape index (κ1) is 21.4. The van der Waals surface area contributed by atoms with Gasteiger partial charge in [0.1, 0.15) is 6.10 Å². The summed E-state index contributed by atoms with van der Waals surface area (Å²) in [5.41, 5.74) is 1.05. The fraction of sp³-hybridized carbons (Fsp3) is 0.350. The van der Waals surface area contributed by atoms with Crippen LogP contribution >= 0.6 is 0 Å². The molecule has 0 amide bonds. The number of aliphatic hydroxyl groups excluding tert-OH is 2. The number of rotatable bonds is 5. The molecule has 2 aromatic rings. The summed E-state index contributed by atoms with van der Waals surface area (Å²) in [5, 5.41) is 20.7. The van der Waals surface area contributed by atoms with Crippen molar-refractivity contribution < 1.29 is 37.1 Å². The fourth-order valence-electron chi connectivity index (χ4n) is 2.91. The summed E-state index contributed by atoms with van der Waals surface area (Å²) in [6.07, 6.45) is -7.19. The maximum atomic E-state index is 12.6. The molecule has 2 N–H and O–H groups in total. The number of hydrogen-bond donors (Lipinski definition) is 2. The standard InChI is InChI=1S/C20H22O8S/c1-12-8-10-15(11-9-12)29(24,25)28-18-17(16(21)13(2)26-20(18)23)27-19(22)14-6-4-3-5-7-14/h3-11,13,16-18,20-21,23H,1-2H3/t13-,16-,17+,18+,20-/m0/s1. The van der Waals surface area contributed by atoms with E-state index >= 15 is 0 Å². The molecule has 0 aliphatic carbocycles. The lowest BCUT2D eigenvalue weighted by Gasteiger charge is -2.40. The molecular formula is C20H22O8S. The second-order valence-corrected chi connectivity index (χ2v) is 8.36. The van der Waals surface area contributed by atoms with E-state index in [0.717, 1.165) is 5.56 Å². The fourth-order valence-corrected chi connectivity index (χ4v) is 3.99. The molecule has 0 aromatic heterocycles. The van der Waals surface area contributed by atoms with Gasteiger partial charge < -0.3 is 19.7 Å². The van der Waals surface area contributed by atoms with Gasteiger partial charge in [0.2, 0.25) is 0 Å². The van der Waals surface area contributed by atoms with Crippen LogP contribution in [0, 0.1) is 6.92 Å². The SMILES string of the molecule is Cc1ccc(S(=O)(=O)O[C@@H]2[C@H](OC(=O)c3ccccc3)[C@@H](O)[C@H](C)O[C@@H]2O)cc1. The van der Waals surface area contributed by atoms with E-state index in [4.69, 9.17) is 13.7 Å². The van der Waals surface area contributed by atoms with Crippen molar-refractivity contribution in [3.05, 3.63) is 65.7 Å². The monoisotopic (exact) mass is 422 g/mol. The number of hydrogen-bond acceptors (Lipinski definition) is 8. The lowest BCUT2D eigenvalue weighted by atomic mass is 9.99. The van der Waals surface area contributed by atoms with Gasteiger partial charge in [-0.25, -0.2) is 4.79 Å². The summed E-state index contributed by atoms with van der Waals surface area (Å²) in [4.78, 5) is 12.3. The number of carbonyl (C=O) groups is 1. The number of aryl methyl sites for hydroxylation is 1. The van der Waals surface area contributed by atoms with E-state index in [1.54, 1.807) is 37.3 Å². The minimum Gasteiger partial charge on any atom is -0.453 e. The average molecular weight is 422 g/mol. The zero-order valence-corrected chi connectivity index (χ0v) is 16.7. The molecule has 0 bridgehead atoms. The Morgan fingerprint density at radius 2 is 1.62 bits per heavy atom. The van der Waals surface area contributed by atoms with Gasteiger partial charge in [-0.15, -0.1) is 0 Å². The first-order chi connectivity index (χ1) is 13.7. The molecule has 1 heterocycles. The highest BCUT2D eigenvalue weighted by atomic mass is 32.2. The second-order valence-electron chi connectivity index (χ2n) is 6.79. The molecule has 2 aromatic carbocycles. The van der Waals surface area contributed by atoms with Crippen molar-refractivity contribution in [3.8, 4) is 0 Å². The van der Waals surface area contributed by atoms with Crippen LogP contribution in [0.2, 0.25) is 0 Å². The van der Waals surface area contributed by atoms with Crippen molar-refractivity contribution in [2.24, 2.45) is 0 Å². The van der Waals surface area contributed by atoms with Crippen molar-refractivity contribution in [1.29, 1.82) is 0 Å². The summed E-state index contributed by atoms with van der Waals surface area (Å²) in [6, 6.07) is 13.9. The predicted molar refractivity (Wildman–Crippen MR) is 101 cm³/mol. The smallest absolute Gasteiger partial charge is 0.338 e. The van der Waals surface area contributed by atoms with Crippen molar-refractivity contribution in [1.82, 2.24) is 0 Å². The first-order valence-electron chi connectivity index (χ1n) is 8.96. The molecule has 1 saturated heterocycles. The Morgan fingerprint density at radius 1 is 1.00 bits per heavy atom. The van der Waals surface area contributed by atoms with Crippen molar-refractivity contribution in [3.63, 3.8) is 0 Å². The van der Waals surface area contributed by atoms with Crippen LogP contribution in [0.5, 0.6) is 0 Å². The second kappa shape index (κ2) is 8.60. The zero-order chi connectivity index (χ0) is 21.2. The molecule has 29 heavy (non-hydrogen) atoms. The molecular weight excluding hydrogens is 400 g/mol. The molecule has 0 radical (unpaired) electrons. The quantitative estimate of drug-likeness (QED) is 0.548. The molecule has 5 atom stereocenters. The highest BCUT2D eigenvalue weighted by Gasteiger charge is 2.48. The van der Waals surface area contributed by atoms with Crippen molar-refractivity contribution in [2.75, 3.05) is 0 Å². The van der Waals surface area contributed by atoms with Gasteiger partial charge in [-0.2, -0.15) is 8.42 Å². The lowest BCUT2D eigenvalue weighted by molar-refractivity contribution is -0.269. The zero-order valence-electron chi connectivity index (χ0n) is 15.8. The van der Waals surface area contributed by atoms with Crippen LogP contribution in [0.3, 0.4) is 0 Å². The first-order valence-corrected chi connectivity index (χ1v) is 10.4. The minimum absolute atomic E-state index is 0.142. The third kappa shape index (κ3) is 4.82. The van der Waals surface area contributed by atoms with Gasteiger partial charge in [0.05, 0.1) is 16.6 Å². The maximum absolute atomic E-state index is 12.6. The summed E-state index contributed by atoms with van der Waals surface area (Å²) in [7, 11) is -4.33. The van der Waals surface area contributed by atoms with E-state index in [0.29, 0.717) is 0 Å². The Hall–Kier alpha value is -2.30. The van der Waals surface area contributed by atoms with E-state index in [1.165, 1.54) is 31.2 Å². The van der Waals surface area contributed by atoms with E-state index < -0.39 is 46.8 Å². The molecule has 3 rings (SSSR count). The van der Waals surface area contributed by atoms with Gasteiger partial charge in [0.15, 0.2) is 18.5 Å². The number of benzene rings is 2. The van der Waals surface area contributed by atoms with Crippen LogP contribution in [-0.2, 0) is 23.8 Å². The minimum atomic E-state index is -4.33. The molecule has 0 spiro atoms. The van der Waals surface area contributed by atoms with Crippen molar-refractivity contribution in [2.45, 2.75) is 49.4 Å². The summed E-state index contributed by atoms with van der Waals surface area (Å²) < 4.78 is 40.9. The van der Waals surface area contributed by atoms with Gasteiger partial charge >= 0.3 is 5.97 Å². The molecule has 156 valence electrons. The Labute approximate surface area is 168 Å². The molecule has 1 fully saturated rings. The molecule has 0 saturated carbocycles. The van der Waals surface area contributed by atoms with Crippen LogP contribution in [0.15, 0.2) is 59.5 Å². The van der Waals surface area contributed by atoms with E-state index in [2.05, 4.69) is 0 Å². The van der Waals surface area contributed by atoms with E-state index in [-0.39, 0.29) is 10.5 Å². The van der Waals surface area contributed by atoms with Gasteiger partial charge in [-0.3, -0.25) is 4.18 Å². The normalized spacial score (nSPS) is 27.4. The Bertz CT molecular complexity index is 942. The molecule has 1 aliphatic rings. The highest BCUT2D eigenvalue weighted by Crippen LogP contribution is 2.28.